The molecule has 0 amide bonds. The SMILES string of the molecule is COc1ccc(C(OC[C@H](O)C[NH2+]CCC2=CCCCC2)c2ccc(OC)cc2)cc1. The number of aliphatic hydroxyl groups excluding tert-OH is 1. The Balaban J connectivity index is 1.55. The molecule has 1 atom stereocenters. The molecule has 1 aliphatic rings. The zero-order valence-electron chi connectivity index (χ0n) is 18.8. The summed E-state index contributed by atoms with van der Waals surface area (Å²) in [4.78, 5) is 0. The van der Waals surface area contributed by atoms with E-state index in [1.54, 1.807) is 19.8 Å². The maximum absolute atomic E-state index is 10.5. The van der Waals surface area contributed by atoms with E-state index in [-0.39, 0.29) is 12.7 Å². The molecule has 1 aliphatic carbocycles. The first-order valence-corrected chi connectivity index (χ1v) is 11.3. The molecule has 0 unspecified atom stereocenters. The highest BCUT2D eigenvalue weighted by molar-refractivity contribution is 5.36. The lowest BCUT2D eigenvalue weighted by molar-refractivity contribution is -0.660. The van der Waals surface area contributed by atoms with E-state index in [4.69, 9.17) is 14.2 Å². The molecule has 0 spiro atoms. The van der Waals surface area contributed by atoms with Crippen molar-refractivity contribution in [1.29, 1.82) is 0 Å². The quantitative estimate of drug-likeness (QED) is 0.402. The van der Waals surface area contributed by atoms with Crippen molar-refractivity contribution in [3.05, 3.63) is 71.3 Å². The van der Waals surface area contributed by atoms with Gasteiger partial charge in [0.2, 0.25) is 0 Å². The molecule has 5 heteroatoms. The van der Waals surface area contributed by atoms with Crippen LogP contribution in [0, 0.1) is 0 Å². The van der Waals surface area contributed by atoms with Crippen LogP contribution in [0.25, 0.3) is 0 Å². The Labute approximate surface area is 186 Å². The standard InChI is InChI=1S/C26H35NO4/c1-29-24-12-8-21(9-13-24)26(22-10-14-25(30-2)15-11-22)31-19-23(28)18-27-17-16-20-6-4-3-5-7-20/h6,8-15,23,26-28H,3-5,7,16-19H2,1-2H3/p+1/t23-/m1/s1. The second-order valence-corrected chi connectivity index (χ2v) is 8.08. The van der Waals surface area contributed by atoms with Gasteiger partial charge < -0.3 is 24.6 Å². The first-order valence-electron chi connectivity index (χ1n) is 11.3. The van der Waals surface area contributed by atoms with E-state index >= 15 is 0 Å². The van der Waals surface area contributed by atoms with Crippen LogP contribution in [-0.4, -0.2) is 45.1 Å². The molecule has 2 aromatic rings. The number of ether oxygens (including phenoxy) is 3. The van der Waals surface area contributed by atoms with Crippen molar-refractivity contribution in [1.82, 2.24) is 0 Å². The number of aliphatic hydroxyl groups is 1. The fourth-order valence-corrected chi connectivity index (χ4v) is 3.95. The fraction of sp³-hybridized carbons (Fsp3) is 0.462. The number of allylic oxidation sites excluding steroid dienone is 1. The van der Waals surface area contributed by atoms with Crippen molar-refractivity contribution in [3.8, 4) is 11.5 Å². The van der Waals surface area contributed by atoms with Crippen LogP contribution in [0.15, 0.2) is 60.2 Å². The van der Waals surface area contributed by atoms with Crippen LogP contribution >= 0.6 is 0 Å². The molecule has 3 N–H and O–H groups in total. The third kappa shape index (κ3) is 7.39. The fourth-order valence-electron chi connectivity index (χ4n) is 3.95. The van der Waals surface area contributed by atoms with E-state index in [0.29, 0.717) is 6.54 Å². The van der Waals surface area contributed by atoms with Crippen LogP contribution in [0.3, 0.4) is 0 Å². The average Bonchev–Trinajstić information content (AvgIpc) is 2.83. The minimum absolute atomic E-state index is 0.265. The molecule has 0 aromatic heterocycles. The molecule has 0 saturated carbocycles. The van der Waals surface area contributed by atoms with E-state index in [1.807, 2.05) is 48.5 Å². The molecule has 0 fully saturated rings. The lowest BCUT2D eigenvalue weighted by atomic mass is 9.97. The number of hydrogen-bond donors (Lipinski definition) is 2. The summed E-state index contributed by atoms with van der Waals surface area (Å²) in [5, 5.41) is 12.7. The van der Waals surface area contributed by atoms with Gasteiger partial charge >= 0.3 is 0 Å². The van der Waals surface area contributed by atoms with Crippen LogP contribution in [0.5, 0.6) is 11.5 Å². The summed E-state index contributed by atoms with van der Waals surface area (Å²) in [5.41, 5.74) is 3.62. The molecule has 0 aliphatic heterocycles. The van der Waals surface area contributed by atoms with Gasteiger partial charge in [-0.3, -0.25) is 0 Å². The first kappa shape index (κ1) is 23.3. The zero-order chi connectivity index (χ0) is 21.9. The molecule has 5 nitrogen and oxygen atoms in total. The topological polar surface area (TPSA) is 64.5 Å². The molecule has 0 radical (unpaired) electrons. The molecular weight excluding hydrogens is 390 g/mol. The molecule has 31 heavy (non-hydrogen) atoms. The minimum Gasteiger partial charge on any atom is -0.497 e. The average molecular weight is 427 g/mol. The van der Waals surface area contributed by atoms with Gasteiger partial charge in [0.25, 0.3) is 0 Å². The summed E-state index contributed by atoms with van der Waals surface area (Å²) in [5.74, 6) is 1.61. The first-order chi connectivity index (χ1) is 15.2. The Hall–Kier alpha value is -2.34. The second-order valence-electron chi connectivity index (χ2n) is 8.08. The van der Waals surface area contributed by atoms with Gasteiger partial charge in [0, 0.05) is 6.42 Å². The van der Waals surface area contributed by atoms with Crippen molar-refractivity contribution in [2.45, 2.75) is 44.3 Å². The van der Waals surface area contributed by atoms with Crippen molar-refractivity contribution < 1.29 is 24.6 Å². The van der Waals surface area contributed by atoms with E-state index in [1.165, 1.54) is 25.7 Å². The minimum atomic E-state index is -0.515. The number of benzene rings is 2. The summed E-state index contributed by atoms with van der Waals surface area (Å²) in [6.45, 7) is 1.94. The smallest absolute Gasteiger partial charge is 0.126 e. The van der Waals surface area contributed by atoms with Crippen molar-refractivity contribution in [2.75, 3.05) is 33.9 Å². The summed E-state index contributed by atoms with van der Waals surface area (Å²) in [7, 11) is 3.31. The van der Waals surface area contributed by atoms with Crippen LogP contribution < -0.4 is 14.8 Å². The van der Waals surface area contributed by atoms with Gasteiger partial charge in [0.05, 0.1) is 27.4 Å². The lowest BCUT2D eigenvalue weighted by Crippen LogP contribution is -2.86. The molecule has 0 bridgehead atoms. The Kier molecular flexibility index (Phi) is 9.40. The van der Waals surface area contributed by atoms with Crippen molar-refractivity contribution in [2.24, 2.45) is 0 Å². The monoisotopic (exact) mass is 426 g/mol. The highest BCUT2D eigenvalue weighted by Gasteiger charge is 2.18. The van der Waals surface area contributed by atoms with Gasteiger partial charge in [-0.25, -0.2) is 0 Å². The maximum atomic E-state index is 10.5. The molecule has 0 saturated heterocycles. The number of rotatable bonds is 12. The number of nitrogens with two attached hydrogens (primary N) is 1. The van der Waals surface area contributed by atoms with Gasteiger partial charge in [-0.1, -0.05) is 35.9 Å². The van der Waals surface area contributed by atoms with Crippen LogP contribution in [0.4, 0.5) is 0 Å². The molecular formula is C26H36NO4+. The second kappa shape index (κ2) is 12.5. The van der Waals surface area contributed by atoms with Gasteiger partial charge in [-0.15, -0.1) is 0 Å². The zero-order valence-corrected chi connectivity index (χ0v) is 18.8. The summed E-state index contributed by atoms with van der Waals surface area (Å²) in [6, 6.07) is 15.7. The van der Waals surface area contributed by atoms with Crippen molar-refractivity contribution in [3.63, 3.8) is 0 Å². The highest BCUT2D eigenvalue weighted by atomic mass is 16.5. The number of methoxy groups -OCH3 is 2. The lowest BCUT2D eigenvalue weighted by Gasteiger charge is -2.21. The third-order valence-electron chi connectivity index (χ3n) is 5.79. The molecule has 3 rings (SSSR count). The Bertz CT molecular complexity index is 754. The summed E-state index contributed by atoms with van der Waals surface area (Å²) in [6.07, 6.45) is 7.85. The Morgan fingerprint density at radius 2 is 1.52 bits per heavy atom. The summed E-state index contributed by atoms with van der Waals surface area (Å²) < 4.78 is 16.8. The largest absolute Gasteiger partial charge is 0.497 e. The normalized spacial score (nSPS) is 14.9. The Morgan fingerprint density at radius 3 is 2.03 bits per heavy atom. The van der Waals surface area contributed by atoms with Crippen LogP contribution in [-0.2, 0) is 4.74 Å². The predicted octanol–water partition coefficient (Wildman–Crippen LogP) is 3.62. The van der Waals surface area contributed by atoms with E-state index in [0.717, 1.165) is 35.6 Å². The maximum Gasteiger partial charge on any atom is 0.126 e. The van der Waals surface area contributed by atoms with E-state index < -0.39 is 6.10 Å². The van der Waals surface area contributed by atoms with Crippen molar-refractivity contribution >= 4 is 0 Å². The molecule has 2 aromatic carbocycles. The Morgan fingerprint density at radius 1 is 0.903 bits per heavy atom. The molecule has 0 heterocycles. The van der Waals surface area contributed by atoms with Gasteiger partial charge in [-0.2, -0.15) is 0 Å². The summed E-state index contributed by atoms with van der Waals surface area (Å²) >= 11 is 0. The van der Waals surface area contributed by atoms with Gasteiger partial charge in [-0.05, 0) is 61.1 Å². The van der Waals surface area contributed by atoms with E-state index in [9.17, 15) is 5.11 Å². The molecule has 168 valence electrons. The van der Waals surface area contributed by atoms with Gasteiger partial charge in [0.15, 0.2) is 0 Å². The third-order valence-corrected chi connectivity index (χ3v) is 5.79. The number of quaternary nitrogens is 1. The highest BCUT2D eigenvalue weighted by Crippen LogP contribution is 2.29. The van der Waals surface area contributed by atoms with Crippen LogP contribution in [0.1, 0.15) is 49.3 Å². The van der Waals surface area contributed by atoms with Gasteiger partial charge in [0.1, 0.15) is 30.3 Å². The van der Waals surface area contributed by atoms with E-state index in [2.05, 4.69) is 11.4 Å². The predicted molar refractivity (Wildman–Crippen MR) is 123 cm³/mol. The number of hydrogen-bond acceptors (Lipinski definition) is 4. The van der Waals surface area contributed by atoms with Crippen LogP contribution in [0.2, 0.25) is 0 Å².